The molecule has 5 fully saturated rings. The molecule has 5 heteroatoms. The molecule has 4 aliphatic carbocycles. The van der Waals surface area contributed by atoms with Gasteiger partial charge in [-0.2, -0.15) is 0 Å². The van der Waals surface area contributed by atoms with E-state index in [2.05, 4.69) is 34.2 Å². The van der Waals surface area contributed by atoms with Gasteiger partial charge in [0, 0.05) is 31.7 Å². The van der Waals surface area contributed by atoms with Crippen molar-refractivity contribution in [1.29, 1.82) is 0 Å². The second kappa shape index (κ2) is 7.50. The summed E-state index contributed by atoms with van der Waals surface area (Å²) < 4.78 is 5.53. The normalized spacial score (nSPS) is 34.8. The van der Waals surface area contributed by atoms with Gasteiger partial charge in [0.15, 0.2) is 0 Å². The molecule has 1 aliphatic heterocycles. The largest absolute Gasteiger partial charge is 0.495 e. The van der Waals surface area contributed by atoms with Crippen molar-refractivity contribution in [2.24, 2.45) is 17.8 Å². The van der Waals surface area contributed by atoms with Crippen molar-refractivity contribution in [3.05, 3.63) is 24.3 Å². The molecule has 0 radical (unpaired) electrons. The number of carbonyl (C=O) groups excluding carboxylic acids is 1. The number of anilines is 1. The van der Waals surface area contributed by atoms with Crippen LogP contribution in [0.4, 0.5) is 5.69 Å². The predicted molar refractivity (Wildman–Crippen MR) is 115 cm³/mol. The molecule has 1 amide bonds. The van der Waals surface area contributed by atoms with Crippen molar-refractivity contribution in [3.8, 4) is 5.75 Å². The fraction of sp³-hybridized carbons (Fsp3) is 0.708. The number of methoxy groups -OCH3 is 1. The van der Waals surface area contributed by atoms with E-state index in [1.165, 1.54) is 38.5 Å². The van der Waals surface area contributed by atoms with Crippen LogP contribution in [0.1, 0.15) is 45.4 Å². The first kappa shape index (κ1) is 19.2. The number of ether oxygens (including phenoxy) is 1. The second-order valence-corrected chi connectivity index (χ2v) is 10.1. The van der Waals surface area contributed by atoms with Gasteiger partial charge < -0.3 is 15.0 Å². The Morgan fingerprint density at radius 2 is 1.62 bits per heavy atom. The summed E-state index contributed by atoms with van der Waals surface area (Å²) in [5.74, 6) is 3.76. The first-order valence-corrected chi connectivity index (χ1v) is 11.5. The van der Waals surface area contributed by atoms with Gasteiger partial charge in [-0.3, -0.25) is 9.69 Å². The van der Waals surface area contributed by atoms with E-state index in [0.29, 0.717) is 0 Å². The lowest BCUT2D eigenvalue weighted by Crippen LogP contribution is -2.63. The van der Waals surface area contributed by atoms with Crippen molar-refractivity contribution >= 4 is 11.6 Å². The number of benzene rings is 1. The van der Waals surface area contributed by atoms with Gasteiger partial charge in [-0.15, -0.1) is 0 Å². The number of amides is 1. The number of hydrogen-bond donors (Lipinski definition) is 1. The van der Waals surface area contributed by atoms with Crippen molar-refractivity contribution in [3.63, 3.8) is 0 Å². The molecule has 1 atom stereocenters. The van der Waals surface area contributed by atoms with E-state index in [9.17, 15) is 4.79 Å². The maximum absolute atomic E-state index is 13.2. The molecular formula is C24H35N3O2. The first-order chi connectivity index (χ1) is 14.0. The summed E-state index contributed by atoms with van der Waals surface area (Å²) in [6.07, 6.45) is 7.90. The first-order valence-electron chi connectivity index (χ1n) is 11.5. The average molecular weight is 398 g/mol. The van der Waals surface area contributed by atoms with Crippen molar-refractivity contribution < 1.29 is 9.53 Å². The summed E-state index contributed by atoms with van der Waals surface area (Å²) in [6.45, 7) is 5.76. The maximum atomic E-state index is 13.2. The highest BCUT2D eigenvalue weighted by Crippen LogP contribution is 2.55. The van der Waals surface area contributed by atoms with E-state index < -0.39 is 0 Å². The summed E-state index contributed by atoms with van der Waals surface area (Å²) >= 11 is 0. The Kier molecular flexibility index (Phi) is 4.97. The van der Waals surface area contributed by atoms with Crippen molar-refractivity contribution in [2.75, 3.05) is 38.2 Å². The topological polar surface area (TPSA) is 44.8 Å². The van der Waals surface area contributed by atoms with Crippen LogP contribution >= 0.6 is 0 Å². The van der Waals surface area contributed by atoms with Gasteiger partial charge in [-0.1, -0.05) is 12.1 Å². The molecule has 1 aromatic carbocycles. The number of nitrogens with zero attached hydrogens (tertiary/aromatic N) is 2. The van der Waals surface area contributed by atoms with Crippen LogP contribution in [0.3, 0.4) is 0 Å². The third kappa shape index (κ3) is 3.63. The molecule has 0 spiro atoms. The third-order valence-corrected chi connectivity index (χ3v) is 8.09. The van der Waals surface area contributed by atoms with E-state index in [1.807, 2.05) is 12.1 Å². The molecule has 6 rings (SSSR count). The Morgan fingerprint density at radius 1 is 1.03 bits per heavy atom. The van der Waals surface area contributed by atoms with E-state index >= 15 is 0 Å². The van der Waals surface area contributed by atoms with E-state index in [-0.39, 0.29) is 17.5 Å². The number of rotatable bonds is 5. The lowest BCUT2D eigenvalue weighted by Gasteiger charge is -2.57. The van der Waals surface area contributed by atoms with Gasteiger partial charge in [0.2, 0.25) is 5.91 Å². The third-order valence-electron chi connectivity index (χ3n) is 8.09. The molecule has 1 saturated heterocycles. The van der Waals surface area contributed by atoms with E-state index in [1.54, 1.807) is 7.11 Å². The molecular weight excluding hydrogens is 362 g/mol. The second-order valence-electron chi connectivity index (χ2n) is 10.1. The molecule has 5 aliphatic rings. The zero-order valence-corrected chi connectivity index (χ0v) is 17.9. The molecule has 1 N–H and O–H groups in total. The molecule has 1 aromatic rings. The molecule has 1 heterocycles. The Labute approximate surface area is 174 Å². The quantitative estimate of drug-likeness (QED) is 0.828. The smallest absolute Gasteiger partial charge is 0.237 e. The van der Waals surface area contributed by atoms with Gasteiger partial charge in [0.25, 0.3) is 0 Å². The Bertz CT molecular complexity index is 721. The van der Waals surface area contributed by atoms with Gasteiger partial charge in [-0.25, -0.2) is 0 Å². The minimum absolute atomic E-state index is 0.0529. The highest BCUT2D eigenvalue weighted by atomic mass is 16.5. The van der Waals surface area contributed by atoms with Gasteiger partial charge in [-0.05, 0) is 75.3 Å². The van der Waals surface area contributed by atoms with Crippen molar-refractivity contribution in [1.82, 2.24) is 10.2 Å². The van der Waals surface area contributed by atoms with Crippen LogP contribution in [0.5, 0.6) is 5.75 Å². The number of para-hydroxylation sites is 2. The summed E-state index contributed by atoms with van der Waals surface area (Å²) in [5, 5.41) is 3.57. The number of piperazine rings is 1. The molecule has 4 saturated carbocycles. The fourth-order valence-corrected chi connectivity index (χ4v) is 7.04. The molecule has 29 heavy (non-hydrogen) atoms. The lowest BCUT2D eigenvalue weighted by atomic mass is 9.53. The van der Waals surface area contributed by atoms with Crippen LogP contribution in [-0.4, -0.2) is 55.7 Å². The lowest BCUT2D eigenvalue weighted by molar-refractivity contribution is -0.131. The monoisotopic (exact) mass is 397 g/mol. The van der Waals surface area contributed by atoms with Crippen LogP contribution in [0.15, 0.2) is 24.3 Å². The maximum Gasteiger partial charge on any atom is 0.237 e. The van der Waals surface area contributed by atoms with Crippen LogP contribution < -0.4 is 15.0 Å². The van der Waals surface area contributed by atoms with E-state index in [0.717, 1.165) is 55.4 Å². The van der Waals surface area contributed by atoms with Crippen molar-refractivity contribution in [2.45, 2.75) is 57.0 Å². The number of carbonyl (C=O) groups is 1. The summed E-state index contributed by atoms with van der Waals surface area (Å²) in [6, 6.07) is 8.16. The zero-order valence-electron chi connectivity index (χ0n) is 17.9. The average Bonchev–Trinajstić information content (AvgIpc) is 2.72. The van der Waals surface area contributed by atoms with Gasteiger partial charge in [0.1, 0.15) is 5.75 Å². The molecule has 158 valence electrons. The fourth-order valence-electron chi connectivity index (χ4n) is 7.04. The standard InChI is InChI=1S/C24H35N3O2/c1-17(23(28)25-24-14-18-11-19(15-24)13-20(12-18)16-24)26-7-9-27(10-8-26)21-5-3-4-6-22(21)29-2/h3-6,17-20H,7-16H2,1-2H3,(H,25,28)/t17-,18?,19?,20?,24?/m1/s1. The zero-order chi connectivity index (χ0) is 20.0. The van der Waals surface area contributed by atoms with Gasteiger partial charge in [0.05, 0.1) is 18.8 Å². The summed E-state index contributed by atoms with van der Waals surface area (Å²) in [4.78, 5) is 17.9. The molecule has 0 unspecified atom stereocenters. The van der Waals surface area contributed by atoms with Crippen LogP contribution in [-0.2, 0) is 4.79 Å². The predicted octanol–water partition coefficient (Wildman–Crippen LogP) is 3.29. The summed E-state index contributed by atoms with van der Waals surface area (Å²) in [7, 11) is 1.73. The highest BCUT2D eigenvalue weighted by molar-refractivity contribution is 5.82. The molecule has 5 nitrogen and oxygen atoms in total. The van der Waals surface area contributed by atoms with Crippen LogP contribution in [0.25, 0.3) is 0 Å². The minimum Gasteiger partial charge on any atom is -0.495 e. The molecule has 4 bridgehead atoms. The Hall–Kier alpha value is -1.75. The van der Waals surface area contributed by atoms with E-state index in [4.69, 9.17) is 4.74 Å². The minimum atomic E-state index is -0.0529. The Balaban J connectivity index is 1.19. The Morgan fingerprint density at radius 3 is 2.21 bits per heavy atom. The van der Waals surface area contributed by atoms with Crippen LogP contribution in [0, 0.1) is 17.8 Å². The highest BCUT2D eigenvalue weighted by Gasteiger charge is 2.51. The molecule has 0 aromatic heterocycles. The summed E-state index contributed by atoms with van der Waals surface area (Å²) in [5.41, 5.74) is 1.26. The number of hydrogen-bond acceptors (Lipinski definition) is 4. The SMILES string of the molecule is COc1ccccc1N1CCN([C@H](C)C(=O)NC23CC4CC(CC(C4)C2)C3)CC1. The van der Waals surface area contributed by atoms with Gasteiger partial charge >= 0.3 is 0 Å². The van der Waals surface area contributed by atoms with Crippen LogP contribution in [0.2, 0.25) is 0 Å². The number of nitrogens with one attached hydrogen (secondary N) is 1.